The Labute approximate surface area is 243 Å². The van der Waals surface area contributed by atoms with Gasteiger partial charge in [-0.2, -0.15) is 10.1 Å². The van der Waals surface area contributed by atoms with Crippen molar-refractivity contribution in [2.45, 2.75) is 57.0 Å². The molecule has 5 unspecified atom stereocenters. The number of para-hydroxylation sites is 1. The molecular weight excluding hydrogens is 598 g/mol. The standard InChI is InChI=1S/C26H29F3N5O8P/c1-14(2)40-23(37)15(3)33-43(38,42-16-8-5-4-6-9-16)39-13-18-20(35)26(29,10-7-11-27)24(41-18)34-12-17(28)19-21(34)31-25(30)32-22(19)36/h4-6,8-9,12,14-15,18,20,24,35H,11,13H2,1-3H3,(H,33,38)(H3,30,31,32,36)/t15?,18?,20?,24?,26-,43?/m1/s1. The SMILES string of the molecule is CC(C)OC(=O)C(C)NP(=O)(OCC1OC(n2cc(F)c3c(=O)[nH]c(N)nc32)[C@@](F)(C#CCF)C1O)Oc1ccccc1. The molecule has 0 amide bonds. The zero-order chi connectivity index (χ0) is 31.5. The molecule has 0 radical (unpaired) electrons. The molecule has 0 bridgehead atoms. The second-order valence-electron chi connectivity index (χ2n) is 9.74. The summed E-state index contributed by atoms with van der Waals surface area (Å²) >= 11 is 0. The number of aromatic nitrogens is 3. The number of H-pyrrole nitrogens is 1. The van der Waals surface area contributed by atoms with Gasteiger partial charge in [-0.1, -0.05) is 30.0 Å². The van der Waals surface area contributed by atoms with Gasteiger partial charge in [-0.3, -0.25) is 23.7 Å². The molecule has 4 rings (SSSR count). The lowest BCUT2D eigenvalue weighted by atomic mass is 9.96. The molecular formula is C26H29F3N5O8P. The summed E-state index contributed by atoms with van der Waals surface area (Å²) in [4.78, 5) is 30.6. The highest BCUT2D eigenvalue weighted by Gasteiger charge is 2.58. The van der Waals surface area contributed by atoms with Crippen molar-refractivity contribution in [1.82, 2.24) is 19.6 Å². The maximum absolute atomic E-state index is 16.4. The lowest BCUT2D eigenvalue weighted by Crippen LogP contribution is -2.43. The molecule has 6 atom stereocenters. The third-order valence-corrected chi connectivity index (χ3v) is 7.78. The summed E-state index contributed by atoms with van der Waals surface area (Å²) in [6.07, 6.45) is -5.66. The van der Waals surface area contributed by atoms with Crippen LogP contribution in [0.3, 0.4) is 0 Å². The predicted octanol–water partition coefficient (Wildman–Crippen LogP) is 2.52. The first-order chi connectivity index (χ1) is 20.3. The van der Waals surface area contributed by atoms with Crippen molar-refractivity contribution in [3.63, 3.8) is 0 Å². The van der Waals surface area contributed by atoms with Crippen molar-refractivity contribution in [2.24, 2.45) is 0 Å². The number of benzene rings is 1. The number of nitrogens with zero attached hydrogens (tertiary/aromatic N) is 2. The first-order valence-electron chi connectivity index (χ1n) is 12.9. The molecule has 1 aliphatic rings. The van der Waals surface area contributed by atoms with E-state index in [-0.39, 0.29) is 5.75 Å². The number of fused-ring (bicyclic) bond motifs is 1. The number of anilines is 1. The zero-order valence-electron chi connectivity index (χ0n) is 23.1. The van der Waals surface area contributed by atoms with E-state index in [1.54, 1.807) is 32.0 Å². The maximum atomic E-state index is 16.4. The Morgan fingerprint density at radius 3 is 2.70 bits per heavy atom. The monoisotopic (exact) mass is 627 g/mol. The molecule has 0 aliphatic carbocycles. The molecule has 1 aromatic carbocycles. The fourth-order valence-electron chi connectivity index (χ4n) is 4.27. The fourth-order valence-corrected chi connectivity index (χ4v) is 5.77. The Hall–Kier alpha value is -3.87. The number of carbonyl (C=O) groups is 1. The minimum Gasteiger partial charge on any atom is -0.462 e. The molecule has 5 N–H and O–H groups in total. The number of rotatable bonds is 10. The van der Waals surface area contributed by atoms with E-state index in [9.17, 15) is 28.0 Å². The van der Waals surface area contributed by atoms with Crippen LogP contribution in [0.25, 0.3) is 11.0 Å². The van der Waals surface area contributed by atoms with Gasteiger partial charge >= 0.3 is 13.7 Å². The number of hydrogen-bond acceptors (Lipinski definition) is 10. The number of alkyl halides is 2. The number of halogens is 3. The van der Waals surface area contributed by atoms with E-state index in [1.165, 1.54) is 19.1 Å². The number of aromatic amines is 1. The molecule has 2 aromatic heterocycles. The van der Waals surface area contributed by atoms with E-state index in [2.05, 4.69) is 15.1 Å². The number of nitrogen functional groups attached to an aromatic ring is 1. The Bertz CT molecular complexity index is 1640. The largest absolute Gasteiger partial charge is 0.462 e. The van der Waals surface area contributed by atoms with Gasteiger partial charge in [0, 0.05) is 6.20 Å². The van der Waals surface area contributed by atoms with Crippen molar-refractivity contribution in [3.05, 3.63) is 52.7 Å². The molecule has 0 saturated carbocycles. The number of carbonyl (C=O) groups excluding carboxylic acids is 1. The van der Waals surface area contributed by atoms with Crippen LogP contribution in [-0.2, 0) is 23.4 Å². The van der Waals surface area contributed by atoms with Crippen LogP contribution in [0.1, 0.15) is 27.0 Å². The lowest BCUT2D eigenvalue weighted by Gasteiger charge is -2.25. The van der Waals surface area contributed by atoms with E-state index in [4.69, 9.17) is 24.3 Å². The van der Waals surface area contributed by atoms with Gasteiger partial charge in [0.25, 0.3) is 5.56 Å². The Morgan fingerprint density at radius 1 is 1.35 bits per heavy atom. The second kappa shape index (κ2) is 12.8. The van der Waals surface area contributed by atoms with Crippen LogP contribution in [0.2, 0.25) is 0 Å². The number of aliphatic hydroxyl groups is 1. The van der Waals surface area contributed by atoms with E-state index >= 15 is 4.39 Å². The number of nitrogens with two attached hydrogens (primary N) is 1. The Kier molecular flexibility index (Phi) is 9.53. The molecule has 0 spiro atoms. The van der Waals surface area contributed by atoms with Gasteiger partial charge in [0.1, 0.15) is 36.1 Å². The van der Waals surface area contributed by atoms with E-state index < -0.39 is 91.6 Å². The van der Waals surface area contributed by atoms with Gasteiger partial charge in [-0.05, 0) is 32.9 Å². The highest BCUT2D eigenvalue weighted by molar-refractivity contribution is 7.52. The number of aliphatic hydroxyl groups excluding tert-OH is 1. The molecule has 3 aromatic rings. The van der Waals surface area contributed by atoms with Crippen molar-refractivity contribution in [2.75, 3.05) is 19.0 Å². The average molecular weight is 628 g/mol. The number of nitrogens with one attached hydrogen (secondary N) is 2. The summed E-state index contributed by atoms with van der Waals surface area (Å²) < 4.78 is 80.5. The van der Waals surface area contributed by atoms with E-state index in [0.717, 1.165) is 4.57 Å². The summed E-state index contributed by atoms with van der Waals surface area (Å²) in [5.74, 6) is 1.59. The molecule has 13 nitrogen and oxygen atoms in total. The maximum Gasteiger partial charge on any atom is 0.459 e. The van der Waals surface area contributed by atoms with Crippen LogP contribution >= 0.6 is 7.75 Å². The first kappa shape index (κ1) is 32.1. The molecule has 1 fully saturated rings. The zero-order valence-corrected chi connectivity index (χ0v) is 24.0. The third-order valence-electron chi connectivity index (χ3n) is 6.13. The van der Waals surface area contributed by atoms with Crippen molar-refractivity contribution in [1.29, 1.82) is 0 Å². The van der Waals surface area contributed by atoms with Crippen LogP contribution < -0.4 is 20.9 Å². The predicted molar refractivity (Wildman–Crippen MR) is 147 cm³/mol. The highest BCUT2D eigenvalue weighted by Crippen LogP contribution is 2.48. The molecule has 3 heterocycles. The molecule has 43 heavy (non-hydrogen) atoms. The fraction of sp³-hybridized carbons (Fsp3) is 0.423. The quantitative estimate of drug-likeness (QED) is 0.147. The molecule has 232 valence electrons. The van der Waals surface area contributed by atoms with Crippen molar-refractivity contribution >= 4 is 30.7 Å². The molecule has 17 heteroatoms. The van der Waals surface area contributed by atoms with Gasteiger partial charge in [-0.15, -0.1) is 0 Å². The highest BCUT2D eigenvalue weighted by atomic mass is 31.2. The summed E-state index contributed by atoms with van der Waals surface area (Å²) in [5, 5.41) is 12.8. The van der Waals surface area contributed by atoms with Crippen LogP contribution in [0.15, 0.2) is 41.3 Å². The Balaban J connectivity index is 1.66. The van der Waals surface area contributed by atoms with Gasteiger partial charge < -0.3 is 24.8 Å². The first-order valence-corrected chi connectivity index (χ1v) is 14.4. The van der Waals surface area contributed by atoms with Gasteiger partial charge in [0.2, 0.25) is 11.6 Å². The molecule has 1 saturated heterocycles. The lowest BCUT2D eigenvalue weighted by molar-refractivity contribution is -0.149. The van der Waals surface area contributed by atoms with Crippen LogP contribution in [0.5, 0.6) is 5.75 Å². The average Bonchev–Trinajstić information content (AvgIpc) is 3.39. The Morgan fingerprint density at radius 2 is 2.05 bits per heavy atom. The normalized spacial score (nSPS) is 23.9. The van der Waals surface area contributed by atoms with Crippen molar-refractivity contribution in [3.8, 4) is 17.6 Å². The number of esters is 1. The minimum atomic E-state index is -4.48. The minimum absolute atomic E-state index is 0.0744. The smallest absolute Gasteiger partial charge is 0.459 e. The van der Waals surface area contributed by atoms with Crippen LogP contribution in [0.4, 0.5) is 19.1 Å². The molecule has 1 aliphatic heterocycles. The van der Waals surface area contributed by atoms with Crippen molar-refractivity contribution < 1.29 is 46.2 Å². The van der Waals surface area contributed by atoms with Crippen LogP contribution in [0, 0.1) is 17.7 Å². The third kappa shape index (κ3) is 6.87. The van der Waals surface area contributed by atoms with Gasteiger partial charge in [-0.25, -0.2) is 17.7 Å². The van der Waals surface area contributed by atoms with Gasteiger partial charge in [0.15, 0.2) is 17.7 Å². The number of ether oxygens (including phenoxy) is 2. The van der Waals surface area contributed by atoms with Crippen LogP contribution in [-0.4, -0.2) is 68.9 Å². The summed E-state index contributed by atoms with van der Waals surface area (Å²) in [6, 6.07) is 6.53. The summed E-state index contributed by atoms with van der Waals surface area (Å²) in [6.45, 7) is 2.45. The summed E-state index contributed by atoms with van der Waals surface area (Å²) in [7, 11) is -4.48. The van der Waals surface area contributed by atoms with E-state index in [0.29, 0.717) is 6.20 Å². The van der Waals surface area contributed by atoms with E-state index in [1.807, 2.05) is 11.8 Å². The van der Waals surface area contributed by atoms with Gasteiger partial charge in [0.05, 0.1) is 12.7 Å². The summed E-state index contributed by atoms with van der Waals surface area (Å²) in [5.41, 5.74) is 1.06. The topological polar surface area (TPSA) is 180 Å². The second-order valence-corrected chi connectivity index (χ2v) is 11.4. The number of hydrogen-bond donors (Lipinski definition) is 4.